The number of rotatable bonds is 3. The molecular formula is C19H21ClN2O2. The molecule has 126 valence electrons. The van der Waals surface area contributed by atoms with Crippen LogP contribution < -0.4 is 0 Å². The predicted octanol–water partition coefficient (Wildman–Crippen LogP) is 4.14. The van der Waals surface area contributed by atoms with E-state index in [1.54, 1.807) is 12.5 Å². The standard InChI is InChI=1S/C19H20N2O2.ClH/c1-15-8-11-22-19(23-15,13-21-10-9-20-14-21)18-7-6-16-4-2-3-5-17(16)12-18;/h2-7,9-10,12,14-15H,8,11,13H2,1H3;1H. The third-order valence-corrected chi connectivity index (χ3v) is 4.39. The number of imidazole rings is 1. The topological polar surface area (TPSA) is 36.3 Å². The van der Waals surface area contributed by atoms with Gasteiger partial charge >= 0.3 is 0 Å². The molecule has 0 radical (unpaired) electrons. The Morgan fingerprint density at radius 1 is 1.21 bits per heavy atom. The molecule has 2 unspecified atom stereocenters. The molecule has 1 aliphatic heterocycles. The lowest BCUT2D eigenvalue weighted by Gasteiger charge is -2.40. The zero-order valence-corrected chi connectivity index (χ0v) is 14.4. The Hall–Kier alpha value is -1.88. The van der Waals surface area contributed by atoms with Crippen molar-refractivity contribution in [3.05, 3.63) is 66.7 Å². The molecule has 2 heterocycles. The Morgan fingerprint density at radius 3 is 2.79 bits per heavy atom. The van der Waals surface area contributed by atoms with Crippen molar-refractivity contribution in [2.45, 2.75) is 31.8 Å². The summed E-state index contributed by atoms with van der Waals surface area (Å²) in [6, 6.07) is 14.8. The largest absolute Gasteiger partial charge is 0.344 e. The van der Waals surface area contributed by atoms with Crippen LogP contribution in [0.5, 0.6) is 0 Å². The molecule has 0 aliphatic carbocycles. The normalized spacial score (nSPS) is 23.8. The van der Waals surface area contributed by atoms with E-state index in [1.807, 2.05) is 10.8 Å². The number of nitrogens with zero attached hydrogens (tertiary/aromatic N) is 2. The second kappa shape index (κ2) is 6.93. The van der Waals surface area contributed by atoms with Gasteiger partial charge in [0.1, 0.15) is 0 Å². The number of aromatic nitrogens is 2. The van der Waals surface area contributed by atoms with Gasteiger partial charge in [0.05, 0.1) is 25.6 Å². The first-order chi connectivity index (χ1) is 11.3. The fourth-order valence-corrected chi connectivity index (χ4v) is 3.18. The minimum absolute atomic E-state index is 0. The van der Waals surface area contributed by atoms with E-state index < -0.39 is 5.79 Å². The van der Waals surface area contributed by atoms with E-state index in [0.29, 0.717) is 13.2 Å². The smallest absolute Gasteiger partial charge is 0.213 e. The second-order valence-corrected chi connectivity index (χ2v) is 6.12. The average molecular weight is 345 g/mol. The van der Waals surface area contributed by atoms with Crippen molar-refractivity contribution in [1.82, 2.24) is 9.55 Å². The lowest BCUT2D eigenvalue weighted by atomic mass is 9.99. The molecule has 0 N–H and O–H groups in total. The summed E-state index contributed by atoms with van der Waals surface area (Å²) in [5, 5.41) is 2.42. The van der Waals surface area contributed by atoms with Gasteiger partial charge in [0, 0.05) is 18.0 Å². The van der Waals surface area contributed by atoms with E-state index in [9.17, 15) is 0 Å². The molecule has 3 aromatic rings. The molecule has 0 saturated carbocycles. The van der Waals surface area contributed by atoms with Gasteiger partial charge in [0.2, 0.25) is 5.79 Å². The highest BCUT2D eigenvalue weighted by Crippen LogP contribution is 2.36. The lowest BCUT2D eigenvalue weighted by Crippen LogP contribution is -2.44. The van der Waals surface area contributed by atoms with Crippen LogP contribution in [-0.2, 0) is 21.8 Å². The zero-order chi connectivity index (χ0) is 15.7. The van der Waals surface area contributed by atoms with Crippen LogP contribution >= 0.6 is 12.4 Å². The van der Waals surface area contributed by atoms with Gasteiger partial charge in [-0.1, -0.05) is 36.4 Å². The van der Waals surface area contributed by atoms with Crippen LogP contribution in [0.4, 0.5) is 0 Å². The maximum Gasteiger partial charge on any atom is 0.213 e. The fraction of sp³-hybridized carbons (Fsp3) is 0.316. The first-order valence-electron chi connectivity index (χ1n) is 8.02. The van der Waals surface area contributed by atoms with Crippen molar-refractivity contribution in [3.8, 4) is 0 Å². The fourth-order valence-electron chi connectivity index (χ4n) is 3.18. The Labute approximate surface area is 147 Å². The number of hydrogen-bond donors (Lipinski definition) is 0. The first kappa shape index (κ1) is 17.0. The third-order valence-electron chi connectivity index (χ3n) is 4.39. The molecule has 0 bridgehead atoms. The quantitative estimate of drug-likeness (QED) is 0.716. The maximum atomic E-state index is 6.31. The summed E-state index contributed by atoms with van der Waals surface area (Å²) in [5.74, 6) is -0.762. The summed E-state index contributed by atoms with van der Waals surface area (Å²) < 4.78 is 14.5. The minimum atomic E-state index is -0.762. The van der Waals surface area contributed by atoms with Crippen LogP contribution in [0.25, 0.3) is 10.8 Å². The molecule has 0 amide bonds. The van der Waals surface area contributed by atoms with Gasteiger partial charge in [0.15, 0.2) is 0 Å². The number of hydrogen-bond acceptors (Lipinski definition) is 3. The first-order valence-corrected chi connectivity index (χ1v) is 8.02. The van der Waals surface area contributed by atoms with E-state index in [1.165, 1.54) is 10.8 Å². The SMILES string of the molecule is CC1CCOC(Cn2ccnc2)(c2ccc3ccccc3c2)O1.Cl. The number of fused-ring (bicyclic) bond motifs is 1. The van der Waals surface area contributed by atoms with Crippen LogP contribution in [0.2, 0.25) is 0 Å². The summed E-state index contributed by atoms with van der Waals surface area (Å²) in [4.78, 5) is 4.13. The molecule has 1 aromatic heterocycles. The van der Waals surface area contributed by atoms with Crippen LogP contribution in [-0.4, -0.2) is 22.3 Å². The molecule has 2 atom stereocenters. The van der Waals surface area contributed by atoms with Crippen LogP contribution in [0.15, 0.2) is 61.2 Å². The van der Waals surface area contributed by atoms with Crippen molar-refractivity contribution in [2.75, 3.05) is 6.61 Å². The number of halogens is 1. The Morgan fingerprint density at radius 2 is 2.04 bits per heavy atom. The van der Waals surface area contributed by atoms with Gasteiger partial charge in [-0.2, -0.15) is 0 Å². The summed E-state index contributed by atoms with van der Waals surface area (Å²) in [6.45, 7) is 3.39. The van der Waals surface area contributed by atoms with Gasteiger partial charge < -0.3 is 14.0 Å². The average Bonchev–Trinajstić information content (AvgIpc) is 3.07. The molecule has 24 heavy (non-hydrogen) atoms. The van der Waals surface area contributed by atoms with Crippen molar-refractivity contribution in [1.29, 1.82) is 0 Å². The number of ether oxygens (including phenoxy) is 2. The molecule has 1 fully saturated rings. The van der Waals surface area contributed by atoms with Crippen LogP contribution in [0, 0.1) is 0 Å². The van der Waals surface area contributed by atoms with Gasteiger partial charge in [-0.25, -0.2) is 4.98 Å². The molecule has 5 heteroatoms. The van der Waals surface area contributed by atoms with Gasteiger partial charge in [-0.3, -0.25) is 0 Å². The van der Waals surface area contributed by atoms with Gasteiger partial charge in [-0.05, 0) is 30.2 Å². The summed E-state index contributed by atoms with van der Waals surface area (Å²) in [6.07, 6.45) is 6.60. The number of benzene rings is 2. The molecule has 4 rings (SSSR count). The van der Waals surface area contributed by atoms with E-state index in [2.05, 4.69) is 54.4 Å². The second-order valence-electron chi connectivity index (χ2n) is 6.12. The monoisotopic (exact) mass is 344 g/mol. The Bertz CT molecular complexity index is 806. The van der Waals surface area contributed by atoms with Crippen LogP contribution in [0.1, 0.15) is 18.9 Å². The summed E-state index contributed by atoms with van der Waals surface area (Å²) in [5.41, 5.74) is 1.05. The van der Waals surface area contributed by atoms with Crippen molar-refractivity contribution in [3.63, 3.8) is 0 Å². The van der Waals surface area contributed by atoms with Gasteiger partial charge in [-0.15, -0.1) is 12.4 Å². The van der Waals surface area contributed by atoms with E-state index >= 15 is 0 Å². The minimum Gasteiger partial charge on any atom is -0.344 e. The highest BCUT2D eigenvalue weighted by Gasteiger charge is 2.39. The highest BCUT2D eigenvalue weighted by molar-refractivity contribution is 5.85. The maximum absolute atomic E-state index is 6.31. The van der Waals surface area contributed by atoms with E-state index in [-0.39, 0.29) is 18.5 Å². The van der Waals surface area contributed by atoms with E-state index in [4.69, 9.17) is 9.47 Å². The Balaban J connectivity index is 0.00000169. The third kappa shape index (κ3) is 3.18. The van der Waals surface area contributed by atoms with Gasteiger partial charge in [0.25, 0.3) is 0 Å². The van der Waals surface area contributed by atoms with E-state index in [0.717, 1.165) is 12.0 Å². The molecule has 2 aromatic carbocycles. The molecule has 4 nitrogen and oxygen atoms in total. The van der Waals surface area contributed by atoms with Crippen molar-refractivity contribution in [2.24, 2.45) is 0 Å². The summed E-state index contributed by atoms with van der Waals surface area (Å²) in [7, 11) is 0. The predicted molar refractivity (Wildman–Crippen MR) is 96.2 cm³/mol. The highest BCUT2D eigenvalue weighted by atomic mass is 35.5. The lowest BCUT2D eigenvalue weighted by molar-refractivity contribution is -0.306. The molecule has 1 aliphatic rings. The van der Waals surface area contributed by atoms with Crippen molar-refractivity contribution >= 4 is 23.2 Å². The Kier molecular flexibility index (Phi) is 4.90. The molecule has 1 saturated heterocycles. The van der Waals surface area contributed by atoms with Crippen molar-refractivity contribution < 1.29 is 9.47 Å². The van der Waals surface area contributed by atoms with Crippen LogP contribution in [0.3, 0.4) is 0 Å². The summed E-state index contributed by atoms with van der Waals surface area (Å²) >= 11 is 0. The molecular weight excluding hydrogens is 324 g/mol. The molecule has 0 spiro atoms. The zero-order valence-electron chi connectivity index (χ0n) is 13.6.